The molecule has 4 rings (SSSR count). The second-order valence-electron chi connectivity index (χ2n) is 8.09. The average Bonchev–Trinajstić information content (AvgIpc) is 3.28. The fourth-order valence-corrected chi connectivity index (χ4v) is 4.61. The number of para-hydroxylation sites is 1. The van der Waals surface area contributed by atoms with Gasteiger partial charge in [-0.2, -0.15) is 0 Å². The number of hydrogen-bond acceptors (Lipinski definition) is 5. The predicted molar refractivity (Wildman–Crippen MR) is 126 cm³/mol. The van der Waals surface area contributed by atoms with E-state index in [1.807, 2.05) is 38.1 Å². The predicted octanol–water partition coefficient (Wildman–Crippen LogP) is 4.72. The summed E-state index contributed by atoms with van der Waals surface area (Å²) in [5, 5.41) is 12.4. The lowest BCUT2D eigenvalue weighted by molar-refractivity contribution is -0.139. The van der Waals surface area contributed by atoms with Gasteiger partial charge in [-0.25, -0.2) is 0 Å². The van der Waals surface area contributed by atoms with E-state index in [1.54, 1.807) is 23.1 Å². The molecule has 0 radical (unpaired) electrons. The maximum atomic E-state index is 13.3. The van der Waals surface area contributed by atoms with Crippen LogP contribution in [0.15, 0.2) is 48.0 Å². The van der Waals surface area contributed by atoms with E-state index in [-0.39, 0.29) is 16.9 Å². The van der Waals surface area contributed by atoms with Crippen molar-refractivity contribution in [2.45, 2.75) is 32.7 Å². The third-order valence-corrected chi connectivity index (χ3v) is 6.17. The molecule has 0 saturated carbocycles. The minimum atomic E-state index is -0.734. The van der Waals surface area contributed by atoms with Crippen LogP contribution in [0.1, 0.15) is 42.6 Å². The van der Waals surface area contributed by atoms with Crippen LogP contribution in [-0.2, 0) is 9.59 Å². The fourth-order valence-electron chi connectivity index (χ4n) is 4.61. The number of methoxy groups -OCH3 is 2. The molecule has 2 aromatic carbocycles. The summed E-state index contributed by atoms with van der Waals surface area (Å²) in [5.41, 5.74) is 2.82. The zero-order valence-corrected chi connectivity index (χ0v) is 19.3. The van der Waals surface area contributed by atoms with Crippen LogP contribution in [0.3, 0.4) is 0 Å². The van der Waals surface area contributed by atoms with Gasteiger partial charge in [0.25, 0.3) is 11.7 Å². The molecule has 1 atom stereocenters. The van der Waals surface area contributed by atoms with Gasteiger partial charge in [-0.3, -0.25) is 9.59 Å². The molecule has 33 heavy (non-hydrogen) atoms. The minimum absolute atomic E-state index is 0.0340. The summed E-state index contributed by atoms with van der Waals surface area (Å²) >= 11 is 0. The van der Waals surface area contributed by atoms with E-state index < -0.39 is 17.7 Å². The lowest BCUT2D eigenvalue weighted by Gasteiger charge is -2.26. The van der Waals surface area contributed by atoms with Gasteiger partial charge in [0.1, 0.15) is 22.8 Å². The number of likely N-dealkylation sites (tertiary alicyclic amines) is 1. The first-order valence-electron chi connectivity index (χ1n) is 11.0. The summed E-state index contributed by atoms with van der Waals surface area (Å²) in [5.74, 6) is -0.946. The Bertz CT molecular complexity index is 1230. The molecule has 1 aliphatic rings. The molecule has 1 amide bonds. The van der Waals surface area contributed by atoms with E-state index >= 15 is 0 Å². The Labute approximate surface area is 192 Å². The zero-order valence-electron chi connectivity index (χ0n) is 19.3. The monoisotopic (exact) mass is 448 g/mol. The van der Waals surface area contributed by atoms with Crippen LogP contribution in [0.5, 0.6) is 11.5 Å². The van der Waals surface area contributed by atoms with Gasteiger partial charge in [-0.15, -0.1) is 0 Å². The van der Waals surface area contributed by atoms with Crippen molar-refractivity contribution in [3.05, 3.63) is 64.9 Å². The first-order chi connectivity index (χ1) is 15.9. The highest BCUT2D eigenvalue weighted by atomic mass is 16.5. The van der Waals surface area contributed by atoms with Crippen molar-refractivity contribution in [3.8, 4) is 11.5 Å². The number of Topliss-reactive ketones (excluding diaryl/α,β-unsaturated/α-hetero) is 1. The number of ketones is 1. The normalized spacial score (nSPS) is 17.7. The molecule has 1 unspecified atom stereocenters. The standard InChI is InChI=1S/C26H28N2O5/c1-5-6-14-28-23(20-15(2)27-17-11-8-7-10-16(17)20)22(25(30)26(28)31)24(29)21-18(32-3)12-9-13-19(21)33-4/h7-13,23,27,29H,5-6,14H2,1-4H3/b24-22+. The van der Waals surface area contributed by atoms with Crippen LogP contribution in [0.2, 0.25) is 0 Å². The number of nitrogens with zero attached hydrogens (tertiary/aromatic N) is 1. The van der Waals surface area contributed by atoms with Crippen LogP contribution in [0.4, 0.5) is 0 Å². The fraction of sp³-hybridized carbons (Fsp3) is 0.308. The van der Waals surface area contributed by atoms with E-state index in [1.165, 1.54) is 14.2 Å². The number of unbranched alkanes of at least 4 members (excludes halogenated alkanes) is 1. The number of nitrogens with one attached hydrogen (secondary N) is 1. The molecule has 3 aromatic rings. The van der Waals surface area contributed by atoms with E-state index in [2.05, 4.69) is 4.98 Å². The number of benzene rings is 2. The smallest absolute Gasteiger partial charge is 0.295 e. The molecule has 0 aliphatic carbocycles. The van der Waals surface area contributed by atoms with Gasteiger partial charge in [0.15, 0.2) is 0 Å². The second kappa shape index (κ2) is 9.02. The van der Waals surface area contributed by atoms with Crippen molar-refractivity contribution < 1.29 is 24.2 Å². The van der Waals surface area contributed by atoms with Gasteiger partial charge in [-0.05, 0) is 31.5 Å². The number of ether oxygens (including phenoxy) is 2. The molecule has 7 nitrogen and oxygen atoms in total. The molecule has 172 valence electrons. The molecule has 2 heterocycles. The third-order valence-electron chi connectivity index (χ3n) is 6.17. The highest BCUT2D eigenvalue weighted by Crippen LogP contribution is 2.46. The van der Waals surface area contributed by atoms with Crippen LogP contribution in [0, 0.1) is 6.92 Å². The van der Waals surface area contributed by atoms with Crippen molar-refractivity contribution in [2.24, 2.45) is 0 Å². The van der Waals surface area contributed by atoms with Crippen LogP contribution in [0.25, 0.3) is 16.7 Å². The Morgan fingerprint density at radius 2 is 1.73 bits per heavy atom. The summed E-state index contributed by atoms with van der Waals surface area (Å²) in [6.07, 6.45) is 1.60. The number of rotatable bonds is 7. The summed E-state index contributed by atoms with van der Waals surface area (Å²) in [6.45, 7) is 4.35. The molecular weight excluding hydrogens is 420 g/mol. The maximum Gasteiger partial charge on any atom is 0.295 e. The molecule has 2 N–H and O–H groups in total. The zero-order chi connectivity index (χ0) is 23.7. The van der Waals surface area contributed by atoms with Crippen LogP contribution in [-0.4, -0.2) is 47.4 Å². The lowest BCUT2D eigenvalue weighted by Crippen LogP contribution is -2.30. The van der Waals surface area contributed by atoms with Gasteiger partial charge in [0.2, 0.25) is 0 Å². The van der Waals surface area contributed by atoms with Crippen molar-refractivity contribution in [1.82, 2.24) is 9.88 Å². The number of fused-ring (bicyclic) bond motifs is 1. The number of H-pyrrole nitrogens is 1. The first-order valence-corrected chi connectivity index (χ1v) is 11.0. The summed E-state index contributed by atoms with van der Waals surface area (Å²) in [6, 6.07) is 12.1. The largest absolute Gasteiger partial charge is 0.506 e. The van der Waals surface area contributed by atoms with Gasteiger partial charge in [0.05, 0.1) is 25.8 Å². The number of carbonyl (C=O) groups is 2. The number of aliphatic hydroxyl groups excluding tert-OH is 1. The summed E-state index contributed by atoms with van der Waals surface area (Å²) in [7, 11) is 2.96. The highest BCUT2D eigenvalue weighted by molar-refractivity contribution is 6.46. The van der Waals surface area contributed by atoms with Gasteiger partial charge in [-0.1, -0.05) is 37.6 Å². The second-order valence-corrected chi connectivity index (χ2v) is 8.09. The number of aliphatic hydroxyl groups is 1. The lowest BCUT2D eigenvalue weighted by atomic mass is 9.92. The molecule has 0 spiro atoms. The Hall–Kier alpha value is -3.74. The Morgan fingerprint density at radius 3 is 2.36 bits per heavy atom. The number of amides is 1. The number of aromatic amines is 1. The third kappa shape index (κ3) is 3.63. The van der Waals surface area contributed by atoms with E-state index in [0.29, 0.717) is 18.0 Å². The van der Waals surface area contributed by atoms with Crippen LogP contribution < -0.4 is 9.47 Å². The van der Waals surface area contributed by atoms with E-state index in [4.69, 9.17) is 9.47 Å². The van der Waals surface area contributed by atoms with Crippen molar-refractivity contribution in [3.63, 3.8) is 0 Å². The molecule has 1 fully saturated rings. The maximum absolute atomic E-state index is 13.3. The number of aromatic nitrogens is 1. The Balaban J connectivity index is 2.03. The molecule has 1 saturated heterocycles. The number of hydrogen-bond donors (Lipinski definition) is 2. The van der Waals surface area contributed by atoms with Gasteiger partial charge >= 0.3 is 0 Å². The van der Waals surface area contributed by atoms with Crippen molar-refractivity contribution in [2.75, 3.05) is 20.8 Å². The minimum Gasteiger partial charge on any atom is -0.506 e. The van der Waals surface area contributed by atoms with Gasteiger partial charge in [0, 0.05) is 28.7 Å². The van der Waals surface area contributed by atoms with Crippen LogP contribution >= 0.6 is 0 Å². The molecule has 1 aliphatic heterocycles. The molecule has 1 aromatic heterocycles. The Morgan fingerprint density at radius 1 is 1.06 bits per heavy atom. The van der Waals surface area contributed by atoms with Crippen molar-refractivity contribution in [1.29, 1.82) is 0 Å². The SMILES string of the molecule is CCCCN1C(=O)C(=O)/C(=C(/O)c2c(OC)cccc2OC)C1c1c(C)[nH]c2ccccc12. The highest BCUT2D eigenvalue weighted by Gasteiger charge is 2.47. The Kier molecular flexibility index (Phi) is 6.14. The number of aryl methyl sites for hydroxylation is 1. The summed E-state index contributed by atoms with van der Waals surface area (Å²) in [4.78, 5) is 31.4. The number of carbonyl (C=O) groups excluding carboxylic acids is 2. The van der Waals surface area contributed by atoms with E-state index in [0.717, 1.165) is 35.0 Å². The average molecular weight is 449 g/mol. The van der Waals surface area contributed by atoms with Gasteiger partial charge < -0.3 is 24.5 Å². The van der Waals surface area contributed by atoms with Crippen molar-refractivity contribution >= 4 is 28.4 Å². The summed E-state index contributed by atoms with van der Waals surface area (Å²) < 4.78 is 10.9. The first kappa shape index (κ1) is 22.5. The molecular formula is C26H28N2O5. The molecule has 7 heteroatoms. The quantitative estimate of drug-likeness (QED) is 0.310. The topological polar surface area (TPSA) is 91.9 Å². The van der Waals surface area contributed by atoms with E-state index in [9.17, 15) is 14.7 Å². The molecule has 0 bridgehead atoms.